The van der Waals surface area contributed by atoms with Gasteiger partial charge >= 0.3 is 0 Å². The molecule has 0 radical (unpaired) electrons. The first kappa shape index (κ1) is 13.6. The molecule has 17 heavy (non-hydrogen) atoms. The second-order valence-electron chi connectivity index (χ2n) is 3.69. The van der Waals surface area contributed by atoms with Crippen LogP contribution >= 0.6 is 11.6 Å². The molecule has 0 fully saturated rings. The lowest BCUT2D eigenvalue weighted by molar-refractivity contribution is 0.644. The van der Waals surface area contributed by atoms with E-state index >= 15 is 0 Å². The zero-order valence-electron chi connectivity index (χ0n) is 10.0. The molecular formula is C12H16ClN3O. The number of hydrogen-bond donors (Lipinski definition) is 1. The second kappa shape index (κ2) is 6.31. The quantitative estimate of drug-likeness (QED) is 0.818. The van der Waals surface area contributed by atoms with Crippen molar-refractivity contribution in [2.75, 3.05) is 5.32 Å². The summed E-state index contributed by atoms with van der Waals surface area (Å²) in [5.41, 5.74) is 0.105. The molecule has 1 rings (SSSR count). The lowest BCUT2D eigenvalue weighted by Crippen LogP contribution is -2.29. The van der Waals surface area contributed by atoms with Crippen molar-refractivity contribution in [3.8, 4) is 12.3 Å². The predicted octanol–water partition coefficient (Wildman–Crippen LogP) is 2.13. The molecule has 0 aliphatic carbocycles. The van der Waals surface area contributed by atoms with Gasteiger partial charge in [0.1, 0.15) is 12.2 Å². The summed E-state index contributed by atoms with van der Waals surface area (Å²) >= 11 is 5.97. The summed E-state index contributed by atoms with van der Waals surface area (Å²) in [4.78, 5) is 12.0. The lowest BCUT2D eigenvalue weighted by atomic mass is 10.1. The first-order chi connectivity index (χ1) is 8.13. The summed E-state index contributed by atoms with van der Waals surface area (Å²) in [6, 6.07) is 0.224. The van der Waals surface area contributed by atoms with Crippen LogP contribution in [0.2, 0.25) is 5.02 Å². The Morgan fingerprint density at radius 2 is 2.24 bits per heavy atom. The maximum atomic E-state index is 12.0. The average molecular weight is 254 g/mol. The smallest absolute Gasteiger partial charge is 0.292 e. The Labute approximate surface area is 106 Å². The zero-order valence-corrected chi connectivity index (χ0v) is 10.8. The van der Waals surface area contributed by atoms with Gasteiger partial charge in [-0.05, 0) is 12.8 Å². The van der Waals surface area contributed by atoms with Crippen LogP contribution in [-0.4, -0.2) is 15.8 Å². The summed E-state index contributed by atoms with van der Waals surface area (Å²) in [6.45, 7) is 4.25. The van der Waals surface area contributed by atoms with Gasteiger partial charge in [-0.1, -0.05) is 31.4 Å². The molecular weight excluding hydrogens is 238 g/mol. The molecule has 92 valence electrons. The Morgan fingerprint density at radius 3 is 2.76 bits per heavy atom. The van der Waals surface area contributed by atoms with Crippen molar-refractivity contribution in [3.63, 3.8) is 0 Å². The number of nitrogens with zero attached hydrogens (tertiary/aromatic N) is 2. The summed E-state index contributed by atoms with van der Waals surface area (Å²) < 4.78 is 1.22. The molecule has 0 aliphatic heterocycles. The fraction of sp³-hybridized carbons (Fsp3) is 0.500. The van der Waals surface area contributed by atoms with Crippen LogP contribution in [0.3, 0.4) is 0 Å². The SMILES string of the molecule is C#CCn1ncc(Cl)c(NC(CC)CC)c1=O. The maximum absolute atomic E-state index is 12.0. The number of terminal acetylenes is 1. The minimum absolute atomic E-state index is 0.146. The van der Waals surface area contributed by atoms with Crippen LogP contribution in [0, 0.1) is 12.3 Å². The number of halogens is 1. The third kappa shape index (κ3) is 3.24. The van der Waals surface area contributed by atoms with Crippen molar-refractivity contribution in [2.24, 2.45) is 0 Å². The van der Waals surface area contributed by atoms with E-state index in [9.17, 15) is 4.79 Å². The monoisotopic (exact) mass is 253 g/mol. The van der Waals surface area contributed by atoms with Gasteiger partial charge in [0, 0.05) is 6.04 Å². The normalized spacial score (nSPS) is 10.3. The molecule has 1 aromatic heterocycles. The predicted molar refractivity (Wildman–Crippen MR) is 70.3 cm³/mol. The topological polar surface area (TPSA) is 46.9 Å². The van der Waals surface area contributed by atoms with Crippen LogP contribution in [0.4, 0.5) is 5.69 Å². The van der Waals surface area contributed by atoms with Gasteiger partial charge in [0.2, 0.25) is 0 Å². The van der Waals surface area contributed by atoms with Gasteiger partial charge in [-0.15, -0.1) is 6.42 Å². The highest BCUT2D eigenvalue weighted by atomic mass is 35.5. The van der Waals surface area contributed by atoms with E-state index in [2.05, 4.69) is 30.2 Å². The van der Waals surface area contributed by atoms with Crippen LogP contribution in [0.15, 0.2) is 11.0 Å². The van der Waals surface area contributed by atoms with Crippen LogP contribution in [0.5, 0.6) is 0 Å². The minimum atomic E-state index is -0.276. The summed E-state index contributed by atoms with van der Waals surface area (Å²) in [7, 11) is 0. The van der Waals surface area contributed by atoms with Crippen molar-refractivity contribution in [2.45, 2.75) is 39.3 Å². The van der Waals surface area contributed by atoms with Gasteiger partial charge in [0.15, 0.2) is 0 Å². The Bertz CT molecular complexity index is 472. The molecule has 0 atom stereocenters. The standard InChI is InChI=1S/C12H16ClN3O/c1-4-7-16-12(17)11(10(13)8-14-16)15-9(5-2)6-3/h1,8-9,15H,5-7H2,2-3H3. The Balaban J connectivity index is 3.10. The van der Waals surface area contributed by atoms with E-state index in [4.69, 9.17) is 18.0 Å². The molecule has 0 aliphatic rings. The molecule has 5 heteroatoms. The van der Waals surface area contributed by atoms with E-state index in [-0.39, 0.29) is 18.1 Å². The molecule has 0 spiro atoms. The highest BCUT2D eigenvalue weighted by Gasteiger charge is 2.12. The van der Waals surface area contributed by atoms with Crippen molar-refractivity contribution in [1.29, 1.82) is 0 Å². The van der Waals surface area contributed by atoms with Crippen molar-refractivity contribution in [3.05, 3.63) is 21.6 Å². The molecule has 0 bridgehead atoms. The van der Waals surface area contributed by atoms with E-state index in [0.29, 0.717) is 10.7 Å². The second-order valence-corrected chi connectivity index (χ2v) is 4.10. The molecule has 1 N–H and O–H groups in total. The largest absolute Gasteiger partial charge is 0.377 e. The molecule has 0 saturated heterocycles. The van der Waals surface area contributed by atoms with Gasteiger partial charge in [0.25, 0.3) is 5.56 Å². The van der Waals surface area contributed by atoms with E-state index in [1.54, 1.807) is 0 Å². The van der Waals surface area contributed by atoms with Gasteiger partial charge in [-0.2, -0.15) is 5.10 Å². The third-order valence-corrected chi connectivity index (χ3v) is 2.86. The number of nitrogens with one attached hydrogen (secondary N) is 1. The highest BCUT2D eigenvalue weighted by molar-refractivity contribution is 6.33. The van der Waals surface area contributed by atoms with Gasteiger partial charge in [0.05, 0.1) is 11.2 Å². The van der Waals surface area contributed by atoms with E-state index < -0.39 is 0 Å². The van der Waals surface area contributed by atoms with Gasteiger partial charge in [-0.25, -0.2) is 4.68 Å². The molecule has 0 saturated carbocycles. The van der Waals surface area contributed by atoms with Crippen LogP contribution in [0.25, 0.3) is 0 Å². The molecule has 0 aromatic carbocycles. The summed E-state index contributed by atoms with van der Waals surface area (Å²) in [5.74, 6) is 2.38. The Morgan fingerprint density at radius 1 is 1.59 bits per heavy atom. The molecule has 1 aromatic rings. The van der Waals surface area contributed by atoms with Crippen molar-refractivity contribution >= 4 is 17.3 Å². The first-order valence-corrected chi connectivity index (χ1v) is 5.97. The molecule has 1 heterocycles. The van der Waals surface area contributed by atoms with E-state index in [0.717, 1.165) is 12.8 Å². The summed E-state index contributed by atoms with van der Waals surface area (Å²) in [5, 5.41) is 7.35. The number of anilines is 1. The minimum Gasteiger partial charge on any atom is -0.377 e. The van der Waals surface area contributed by atoms with Gasteiger partial charge < -0.3 is 5.32 Å². The number of rotatable bonds is 5. The number of hydrogen-bond acceptors (Lipinski definition) is 3. The fourth-order valence-corrected chi connectivity index (χ4v) is 1.67. The van der Waals surface area contributed by atoms with E-state index in [1.807, 2.05) is 0 Å². The Kier molecular flexibility index (Phi) is 5.05. The average Bonchev–Trinajstić information content (AvgIpc) is 2.33. The Hall–Kier alpha value is -1.47. The lowest BCUT2D eigenvalue weighted by Gasteiger charge is -2.16. The highest BCUT2D eigenvalue weighted by Crippen LogP contribution is 2.17. The van der Waals surface area contributed by atoms with Crippen LogP contribution in [0.1, 0.15) is 26.7 Å². The third-order valence-electron chi connectivity index (χ3n) is 2.57. The number of aromatic nitrogens is 2. The zero-order chi connectivity index (χ0) is 12.8. The maximum Gasteiger partial charge on any atom is 0.292 e. The van der Waals surface area contributed by atoms with E-state index in [1.165, 1.54) is 10.9 Å². The first-order valence-electron chi connectivity index (χ1n) is 5.59. The fourth-order valence-electron chi connectivity index (χ4n) is 1.50. The van der Waals surface area contributed by atoms with Crippen LogP contribution in [-0.2, 0) is 6.54 Å². The molecule has 0 amide bonds. The van der Waals surface area contributed by atoms with Crippen molar-refractivity contribution < 1.29 is 0 Å². The van der Waals surface area contributed by atoms with Gasteiger partial charge in [-0.3, -0.25) is 4.79 Å². The molecule has 0 unspecified atom stereocenters. The van der Waals surface area contributed by atoms with Crippen molar-refractivity contribution in [1.82, 2.24) is 9.78 Å². The summed E-state index contributed by atoms with van der Waals surface area (Å²) in [6.07, 6.45) is 8.44. The molecule has 4 nitrogen and oxygen atoms in total. The van der Waals surface area contributed by atoms with Crippen LogP contribution < -0.4 is 10.9 Å².